The van der Waals surface area contributed by atoms with Crippen LogP contribution in [0.3, 0.4) is 0 Å². The molecular weight excluding hydrogens is 334 g/mol. The van der Waals surface area contributed by atoms with Crippen LogP contribution in [-0.4, -0.2) is 47.8 Å². The van der Waals surface area contributed by atoms with Gasteiger partial charge in [-0.05, 0) is 31.2 Å². The summed E-state index contributed by atoms with van der Waals surface area (Å²) < 4.78 is 5.97. The van der Waals surface area contributed by atoms with E-state index >= 15 is 0 Å². The number of aromatic nitrogens is 2. The normalized spacial score (nSPS) is 10.2. The van der Waals surface area contributed by atoms with E-state index in [0.717, 1.165) is 0 Å². The van der Waals surface area contributed by atoms with Crippen molar-refractivity contribution in [3.8, 4) is 0 Å². The number of benzene rings is 1. The molecule has 0 aliphatic rings. The average Bonchev–Trinajstić information content (AvgIpc) is 2.85. The number of nitrogens with one attached hydrogen (secondary N) is 2. The Morgan fingerprint density at radius 3 is 2.42 bits per heavy atom. The summed E-state index contributed by atoms with van der Waals surface area (Å²) in [7, 11) is 4.50. The van der Waals surface area contributed by atoms with Crippen molar-refractivity contribution in [2.75, 3.05) is 31.9 Å². The third-order valence-electron chi connectivity index (χ3n) is 3.21. The Morgan fingerprint density at radius 2 is 1.88 bits per heavy atom. The third-order valence-corrected chi connectivity index (χ3v) is 3.46. The van der Waals surface area contributed by atoms with Gasteiger partial charge >= 0.3 is 6.09 Å². The molecule has 0 fully saturated rings. The van der Waals surface area contributed by atoms with Crippen molar-refractivity contribution < 1.29 is 14.3 Å². The molecule has 0 radical (unpaired) electrons. The fourth-order valence-electron chi connectivity index (χ4n) is 1.94. The monoisotopic (exact) mass is 351 g/mol. The molecule has 0 aliphatic heterocycles. The molecule has 0 bridgehead atoms. The minimum atomic E-state index is -0.682. The molecule has 1 aromatic heterocycles. The molecule has 0 saturated heterocycles. The standard InChI is InChI=1S/C15H18ClN5O3/c1-9-12(13(22)20(2)3)18-14(21(9)19-15(23)24-4)17-11-7-5-10(16)6-8-11/h5-8H,1-4H3,(H,17,18)(H,19,23). The molecule has 0 saturated carbocycles. The number of anilines is 2. The van der Waals surface area contributed by atoms with Crippen molar-refractivity contribution in [2.24, 2.45) is 0 Å². The van der Waals surface area contributed by atoms with Crippen molar-refractivity contribution in [1.82, 2.24) is 14.6 Å². The zero-order chi connectivity index (χ0) is 17.9. The second-order valence-corrected chi connectivity index (χ2v) is 5.58. The minimum absolute atomic E-state index is 0.216. The lowest BCUT2D eigenvalue weighted by Gasteiger charge is -2.12. The number of hydrogen-bond acceptors (Lipinski definition) is 5. The van der Waals surface area contributed by atoms with E-state index in [1.165, 1.54) is 16.7 Å². The Labute approximate surface area is 144 Å². The van der Waals surface area contributed by atoms with Crippen LogP contribution in [0.15, 0.2) is 24.3 Å². The molecule has 0 atom stereocenters. The van der Waals surface area contributed by atoms with Gasteiger partial charge in [-0.25, -0.2) is 19.9 Å². The SMILES string of the molecule is COC(=O)Nn1c(Nc2ccc(Cl)cc2)nc(C(=O)N(C)C)c1C. The first-order valence-corrected chi connectivity index (χ1v) is 7.40. The number of methoxy groups -OCH3 is 1. The maximum atomic E-state index is 12.2. The quantitative estimate of drug-likeness (QED) is 0.883. The zero-order valence-electron chi connectivity index (χ0n) is 13.8. The van der Waals surface area contributed by atoms with Gasteiger partial charge in [0.2, 0.25) is 5.95 Å². The highest BCUT2D eigenvalue weighted by molar-refractivity contribution is 6.30. The molecule has 128 valence electrons. The maximum Gasteiger partial charge on any atom is 0.426 e. The fourth-order valence-corrected chi connectivity index (χ4v) is 2.06. The fraction of sp³-hybridized carbons (Fsp3) is 0.267. The molecule has 1 heterocycles. The van der Waals surface area contributed by atoms with Gasteiger partial charge < -0.3 is 15.0 Å². The van der Waals surface area contributed by atoms with Crippen LogP contribution in [0.2, 0.25) is 5.02 Å². The van der Waals surface area contributed by atoms with Gasteiger partial charge in [-0.1, -0.05) is 11.6 Å². The summed E-state index contributed by atoms with van der Waals surface area (Å²) in [4.78, 5) is 29.5. The van der Waals surface area contributed by atoms with Gasteiger partial charge in [0.1, 0.15) is 0 Å². The number of carbonyl (C=O) groups excluding carboxylic acids is 2. The van der Waals surface area contributed by atoms with Crippen molar-refractivity contribution in [2.45, 2.75) is 6.92 Å². The topological polar surface area (TPSA) is 88.5 Å². The van der Waals surface area contributed by atoms with Crippen molar-refractivity contribution in [3.05, 3.63) is 40.7 Å². The van der Waals surface area contributed by atoms with Crippen LogP contribution in [0, 0.1) is 6.92 Å². The van der Waals surface area contributed by atoms with Crippen LogP contribution < -0.4 is 10.7 Å². The lowest BCUT2D eigenvalue weighted by atomic mass is 10.3. The average molecular weight is 352 g/mol. The highest BCUT2D eigenvalue weighted by Crippen LogP contribution is 2.21. The van der Waals surface area contributed by atoms with E-state index in [1.54, 1.807) is 45.3 Å². The molecule has 2 amide bonds. The van der Waals surface area contributed by atoms with E-state index in [-0.39, 0.29) is 17.5 Å². The number of nitrogens with zero attached hydrogens (tertiary/aromatic N) is 3. The first-order chi connectivity index (χ1) is 11.3. The Bertz CT molecular complexity index is 755. The minimum Gasteiger partial charge on any atom is -0.452 e. The first-order valence-electron chi connectivity index (χ1n) is 7.02. The van der Waals surface area contributed by atoms with E-state index in [2.05, 4.69) is 20.5 Å². The Morgan fingerprint density at radius 1 is 1.25 bits per heavy atom. The lowest BCUT2D eigenvalue weighted by molar-refractivity contribution is 0.0821. The summed E-state index contributed by atoms with van der Waals surface area (Å²) in [6.45, 7) is 1.67. The zero-order valence-corrected chi connectivity index (χ0v) is 14.5. The largest absolute Gasteiger partial charge is 0.452 e. The molecule has 0 unspecified atom stereocenters. The van der Waals surface area contributed by atoms with Crippen LogP contribution in [0.4, 0.5) is 16.4 Å². The smallest absolute Gasteiger partial charge is 0.426 e. The van der Waals surface area contributed by atoms with Crippen LogP contribution >= 0.6 is 11.6 Å². The van der Waals surface area contributed by atoms with Crippen molar-refractivity contribution in [1.29, 1.82) is 0 Å². The van der Waals surface area contributed by atoms with Crippen LogP contribution in [0.1, 0.15) is 16.2 Å². The predicted molar refractivity (Wildman–Crippen MR) is 91.5 cm³/mol. The van der Waals surface area contributed by atoms with Crippen molar-refractivity contribution in [3.63, 3.8) is 0 Å². The second kappa shape index (κ2) is 7.22. The molecule has 24 heavy (non-hydrogen) atoms. The number of carbonyl (C=O) groups is 2. The molecule has 0 aliphatic carbocycles. The molecule has 1 aromatic carbocycles. The first kappa shape index (κ1) is 17.6. The molecular formula is C15H18ClN5O3. The molecule has 2 rings (SSSR count). The van der Waals surface area contributed by atoms with Crippen LogP contribution in [0.5, 0.6) is 0 Å². The van der Waals surface area contributed by atoms with Crippen LogP contribution in [0.25, 0.3) is 0 Å². The highest BCUT2D eigenvalue weighted by atomic mass is 35.5. The highest BCUT2D eigenvalue weighted by Gasteiger charge is 2.22. The second-order valence-electron chi connectivity index (χ2n) is 5.14. The number of rotatable bonds is 4. The predicted octanol–water partition coefficient (Wildman–Crippen LogP) is 2.60. The molecule has 2 aromatic rings. The van der Waals surface area contributed by atoms with Gasteiger partial charge in [-0.15, -0.1) is 0 Å². The number of ether oxygens (including phenoxy) is 1. The summed E-state index contributed by atoms with van der Waals surface area (Å²) in [5.41, 5.74) is 3.89. The van der Waals surface area contributed by atoms with Gasteiger partial charge in [0, 0.05) is 24.8 Å². The summed E-state index contributed by atoms with van der Waals surface area (Å²) >= 11 is 5.87. The van der Waals surface area contributed by atoms with E-state index in [1.807, 2.05) is 0 Å². The summed E-state index contributed by atoms with van der Waals surface area (Å²) in [5, 5.41) is 3.63. The van der Waals surface area contributed by atoms with Gasteiger partial charge in [0.25, 0.3) is 5.91 Å². The van der Waals surface area contributed by atoms with Crippen molar-refractivity contribution >= 4 is 35.2 Å². The number of imidazole rings is 1. The lowest BCUT2D eigenvalue weighted by Crippen LogP contribution is -2.26. The van der Waals surface area contributed by atoms with Gasteiger partial charge in [-0.3, -0.25) is 4.79 Å². The number of halogens is 1. The van der Waals surface area contributed by atoms with E-state index in [0.29, 0.717) is 16.4 Å². The number of amides is 2. The molecule has 9 heteroatoms. The molecule has 8 nitrogen and oxygen atoms in total. The van der Waals surface area contributed by atoms with Gasteiger partial charge in [0.05, 0.1) is 12.8 Å². The van der Waals surface area contributed by atoms with Gasteiger partial charge in [0.15, 0.2) is 5.69 Å². The van der Waals surface area contributed by atoms with Gasteiger partial charge in [-0.2, -0.15) is 0 Å². The summed E-state index contributed by atoms with van der Waals surface area (Å²) in [5.74, 6) is -0.0116. The summed E-state index contributed by atoms with van der Waals surface area (Å²) in [6, 6.07) is 6.93. The molecule has 0 spiro atoms. The van der Waals surface area contributed by atoms with E-state index in [4.69, 9.17) is 11.6 Å². The number of hydrogen-bond donors (Lipinski definition) is 2. The third kappa shape index (κ3) is 3.77. The van der Waals surface area contributed by atoms with Crippen LogP contribution in [-0.2, 0) is 4.74 Å². The van der Waals surface area contributed by atoms with E-state index < -0.39 is 6.09 Å². The molecule has 2 N–H and O–H groups in total. The van der Waals surface area contributed by atoms with E-state index in [9.17, 15) is 9.59 Å². The summed E-state index contributed by atoms with van der Waals surface area (Å²) in [6.07, 6.45) is -0.682. The Kier molecular flexibility index (Phi) is 5.30. The Hall–Kier alpha value is -2.74. The maximum absolute atomic E-state index is 12.2. The Balaban J connectivity index is 2.43.